The molecule has 2 rings (SSSR count). The summed E-state index contributed by atoms with van der Waals surface area (Å²) in [5.41, 5.74) is -5.64. The van der Waals surface area contributed by atoms with E-state index in [1.165, 1.54) is 65.8 Å². The molecular weight excluding hydrogens is 706 g/mol. The van der Waals surface area contributed by atoms with Gasteiger partial charge in [0.05, 0.1) is 42.5 Å². The number of hydrogen-bond acceptors (Lipinski definition) is 4. The van der Waals surface area contributed by atoms with E-state index < -0.39 is 102 Å². The molecule has 0 aliphatic carbocycles. The van der Waals surface area contributed by atoms with Gasteiger partial charge in [-0.05, 0) is 67.5 Å². The van der Waals surface area contributed by atoms with Crippen molar-refractivity contribution >= 4 is 22.0 Å². The number of aliphatic hydroxyl groups excluding tert-OH is 2. The molecule has 48 heavy (non-hydrogen) atoms. The van der Waals surface area contributed by atoms with Crippen LogP contribution >= 0.6 is 0 Å². The van der Waals surface area contributed by atoms with Gasteiger partial charge in [-0.1, -0.05) is 36.4 Å². The molecule has 0 heterocycles. The van der Waals surface area contributed by atoms with E-state index in [-0.39, 0.29) is 0 Å². The molecule has 0 saturated carbocycles. The number of alkyl halides is 8. The third-order valence-corrected chi connectivity index (χ3v) is 10.4. The first-order valence-corrected chi connectivity index (χ1v) is 16.4. The Bertz CT molecular complexity index is 1310. The Morgan fingerprint density at radius 1 is 0.562 bits per heavy atom. The van der Waals surface area contributed by atoms with Crippen LogP contribution in [0.25, 0.3) is 0 Å². The molecule has 0 aliphatic rings. The van der Waals surface area contributed by atoms with Crippen LogP contribution in [-0.2, 0) is 33.0 Å². The summed E-state index contributed by atoms with van der Waals surface area (Å²) < 4.78 is 161. The van der Waals surface area contributed by atoms with E-state index in [4.69, 9.17) is 0 Å². The van der Waals surface area contributed by atoms with Crippen LogP contribution in [0, 0.1) is 11.6 Å². The lowest BCUT2D eigenvalue weighted by Gasteiger charge is -2.38. The van der Waals surface area contributed by atoms with Crippen molar-refractivity contribution in [2.45, 2.75) is 113 Å². The molecule has 0 fully saturated rings. The Hall–Kier alpha value is -2.12. The van der Waals surface area contributed by atoms with Gasteiger partial charge in [0.15, 0.2) is 24.6 Å². The van der Waals surface area contributed by atoms with Crippen LogP contribution in [-0.4, -0.2) is 65.0 Å². The third-order valence-electron chi connectivity index (χ3n) is 6.92. The first-order chi connectivity index (χ1) is 21.4. The average Bonchev–Trinajstić information content (AvgIpc) is 2.94. The molecule has 0 unspecified atom stereocenters. The quantitative estimate of drug-likeness (QED) is 0.204. The second-order valence-corrected chi connectivity index (χ2v) is 17.0. The summed E-state index contributed by atoms with van der Waals surface area (Å²) in [7, 11) is -4.03. The standard InChI is InChI=1S/2C15H20F5NO2S/c2*1-13(2,3)24(23)21-14(4,9-7-5-6-8-10(9)16)11(17)12(22)15(18,19)20/h2*5-8,11-12,21-22H,1-4H3/t11-,12+,14+,24+;11-,12-,14+,24+/m00/s1. The lowest BCUT2D eigenvalue weighted by molar-refractivity contribution is -0.228. The maximum atomic E-state index is 14.6. The number of benzene rings is 2. The summed E-state index contributed by atoms with van der Waals surface area (Å²) in [6.45, 7) is 11.0. The number of rotatable bonds is 10. The van der Waals surface area contributed by atoms with Crippen molar-refractivity contribution < 1.29 is 62.5 Å². The van der Waals surface area contributed by atoms with Crippen LogP contribution in [0.3, 0.4) is 0 Å². The van der Waals surface area contributed by atoms with Crippen LogP contribution in [0.5, 0.6) is 0 Å². The molecule has 4 N–H and O–H groups in total. The van der Waals surface area contributed by atoms with Gasteiger partial charge in [0.1, 0.15) is 11.6 Å². The van der Waals surface area contributed by atoms with Crippen molar-refractivity contribution in [2.75, 3.05) is 0 Å². The van der Waals surface area contributed by atoms with Crippen LogP contribution in [0.2, 0.25) is 0 Å². The van der Waals surface area contributed by atoms with Crippen molar-refractivity contribution in [1.29, 1.82) is 0 Å². The van der Waals surface area contributed by atoms with Crippen molar-refractivity contribution in [3.63, 3.8) is 0 Å². The van der Waals surface area contributed by atoms with Crippen LogP contribution in [0.15, 0.2) is 48.5 Å². The van der Waals surface area contributed by atoms with Crippen molar-refractivity contribution in [1.82, 2.24) is 9.44 Å². The molecule has 0 saturated heterocycles. The lowest BCUT2D eigenvalue weighted by atomic mass is 9.85. The molecule has 18 heteroatoms. The van der Waals surface area contributed by atoms with Crippen LogP contribution in [0.4, 0.5) is 43.9 Å². The number of aliphatic hydroxyl groups is 2. The van der Waals surface area contributed by atoms with Crippen molar-refractivity contribution in [3.05, 3.63) is 71.3 Å². The minimum atomic E-state index is -5.25. The van der Waals surface area contributed by atoms with Gasteiger partial charge in [-0.25, -0.2) is 35.4 Å². The summed E-state index contributed by atoms with van der Waals surface area (Å²) in [6.07, 6.45) is -23.2. The minimum absolute atomic E-state index is 0.460. The molecule has 6 nitrogen and oxygen atoms in total. The van der Waals surface area contributed by atoms with E-state index >= 15 is 0 Å². The Balaban J connectivity index is 0.000000480. The predicted octanol–water partition coefficient (Wildman–Crippen LogP) is 6.71. The molecule has 0 spiro atoms. The summed E-state index contributed by atoms with van der Waals surface area (Å²) >= 11 is 0. The maximum absolute atomic E-state index is 14.6. The molecule has 0 radical (unpaired) electrons. The first kappa shape index (κ1) is 43.9. The zero-order valence-corrected chi connectivity index (χ0v) is 28.9. The molecule has 0 amide bonds. The fraction of sp³-hybridized carbons (Fsp3) is 0.600. The second-order valence-electron chi connectivity index (χ2n) is 13.1. The van der Waals surface area contributed by atoms with Crippen molar-refractivity contribution in [3.8, 4) is 0 Å². The summed E-state index contributed by atoms with van der Waals surface area (Å²) in [6, 6.07) is 9.25. The maximum Gasteiger partial charge on any atom is 0.417 e. The highest BCUT2D eigenvalue weighted by Crippen LogP contribution is 2.38. The molecule has 2 aromatic rings. The van der Waals surface area contributed by atoms with Gasteiger partial charge in [0.25, 0.3) is 0 Å². The first-order valence-electron chi connectivity index (χ1n) is 14.1. The molecule has 0 bridgehead atoms. The minimum Gasteiger partial charge on any atom is -0.381 e. The highest BCUT2D eigenvalue weighted by molar-refractivity contribution is 7.84. The number of halogens is 10. The van der Waals surface area contributed by atoms with E-state index in [9.17, 15) is 62.5 Å². The fourth-order valence-corrected chi connectivity index (χ4v) is 5.77. The second kappa shape index (κ2) is 15.8. The zero-order chi connectivity index (χ0) is 37.8. The normalized spacial score (nSPS) is 19.4. The highest BCUT2D eigenvalue weighted by atomic mass is 32.2. The van der Waals surface area contributed by atoms with Crippen LogP contribution < -0.4 is 9.44 Å². The van der Waals surface area contributed by atoms with E-state index in [2.05, 4.69) is 9.44 Å². The third kappa shape index (κ3) is 10.9. The SMILES string of the molecule is CC(C)(C)[S@@](=O)N[C@](C)(c1ccccc1F)[C@@H](F)[C@@H](O)C(F)(F)F.CC(C)(C)[S@@](=O)N[C@](C)(c1ccccc1F)[C@@H](F)[C@H](O)C(F)(F)F. The predicted molar refractivity (Wildman–Crippen MR) is 163 cm³/mol. The van der Waals surface area contributed by atoms with Crippen molar-refractivity contribution in [2.24, 2.45) is 0 Å². The largest absolute Gasteiger partial charge is 0.417 e. The Kier molecular flexibility index (Phi) is 14.5. The zero-order valence-electron chi connectivity index (χ0n) is 27.2. The van der Waals surface area contributed by atoms with Gasteiger partial charge in [-0.2, -0.15) is 26.3 Å². The van der Waals surface area contributed by atoms with Gasteiger partial charge < -0.3 is 10.2 Å². The van der Waals surface area contributed by atoms with Gasteiger partial charge >= 0.3 is 12.4 Å². The Labute approximate surface area is 277 Å². The van der Waals surface area contributed by atoms with E-state index in [0.717, 1.165) is 38.1 Å². The number of hydrogen-bond donors (Lipinski definition) is 4. The molecule has 0 aromatic heterocycles. The smallest absolute Gasteiger partial charge is 0.381 e. The fourth-order valence-electron chi connectivity index (χ4n) is 3.94. The summed E-state index contributed by atoms with van der Waals surface area (Å²) in [4.78, 5) is 0. The molecule has 2 aromatic carbocycles. The molecule has 0 aliphatic heterocycles. The van der Waals surface area contributed by atoms with Crippen LogP contribution in [0.1, 0.15) is 66.5 Å². The monoisotopic (exact) mass is 746 g/mol. The topological polar surface area (TPSA) is 98.7 Å². The van der Waals surface area contributed by atoms with E-state index in [1.807, 2.05) is 0 Å². The number of nitrogens with one attached hydrogen (secondary N) is 2. The van der Waals surface area contributed by atoms with Gasteiger partial charge in [0.2, 0.25) is 0 Å². The van der Waals surface area contributed by atoms with Gasteiger partial charge in [-0.3, -0.25) is 0 Å². The van der Waals surface area contributed by atoms with E-state index in [0.29, 0.717) is 0 Å². The van der Waals surface area contributed by atoms with Gasteiger partial charge in [0, 0.05) is 11.1 Å². The summed E-state index contributed by atoms with van der Waals surface area (Å²) in [5, 5.41) is 18.6. The van der Waals surface area contributed by atoms with E-state index in [1.54, 1.807) is 0 Å². The lowest BCUT2D eigenvalue weighted by Crippen LogP contribution is -2.58. The van der Waals surface area contributed by atoms with Gasteiger partial charge in [-0.15, -0.1) is 0 Å². The molecule has 276 valence electrons. The summed E-state index contributed by atoms with van der Waals surface area (Å²) in [5.74, 6) is -1.95. The Morgan fingerprint density at radius 2 is 0.812 bits per heavy atom. The molecule has 8 atom stereocenters. The Morgan fingerprint density at radius 3 is 1.02 bits per heavy atom. The average molecular weight is 747 g/mol. The molecular formula is C30H40F10N2O4S2. The highest BCUT2D eigenvalue weighted by Gasteiger charge is 2.55.